The summed E-state index contributed by atoms with van der Waals surface area (Å²) in [6.45, 7) is 0.500. The molecule has 0 aliphatic rings. The Kier molecular flexibility index (Phi) is 6.82. The summed E-state index contributed by atoms with van der Waals surface area (Å²) in [6.07, 6.45) is 0. The summed E-state index contributed by atoms with van der Waals surface area (Å²) in [5.74, 6) is 0.704. The Morgan fingerprint density at radius 2 is 1.88 bits per heavy atom. The number of halogens is 1. The number of thioether (sulfide) groups is 1. The molecule has 0 amide bonds. The normalized spacial score (nSPS) is 11.3. The highest BCUT2D eigenvalue weighted by Crippen LogP contribution is 2.28. The minimum atomic E-state index is -3.73. The third-order valence-corrected chi connectivity index (χ3v) is 6.20. The Labute approximate surface area is 158 Å². The van der Waals surface area contributed by atoms with Crippen LogP contribution in [0.5, 0.6) is 0 Å². The molecule has 0 saturated carbocycles. The minimum absolute atomic E-state index is 0.142. The van der Waals surface area contributed by atoms with Crippen molar-refractivity contribution in [1.29, 1.82) is 0 Å². The van der Waals surface area contributed by atoms with E-state index in [1.807, 2.05) is 24.3 Å². The lowest BCUT2D eigenvalue weighted by molar-refractivity contribution is -0.384. The maximum atomic E-state index is 11.8. The number of hydrogen-bond acceptors (Lipinski definition) is 6. The van der Waals surface area contributed by atoms with Crippen LogP contribution >= 0.6 is 27.7 Å². The standard InChI is InChI=1S/C15H16BrN3O4S2/c1-17-25(22,23)13-6-7-14(15(10-13)19(20)21)18-8-9-24-12-4-2-11(16)3-5-12/h2-7,10,17-18H,8-9H2,1H3. The summed E-state index contributed by atoms with van der Waals surface area (Å²) in [5.41, 5.74) is 0.0152. The van der Waals surface area contributed by atoms with Crippen molar-refractivity contribution in [3.8, 4) is 0 Å². The van der Waals surface area contributed by atoms with Gasteiger partial charge in [-0.1, -0.05) is 15.9 Å². The van der Waals surface area contributed by atoms with Gasteiger partial charge in [0.05, 0.1) is 9.82 Å². The monoisotopic (exact) mass is 445 g/mol. The molecule has 7 nitrogen and oxygen atoms in total. The van der Waals surface area contributed by atoms with E-state index in [2.05, 4.69) is 26.0 Å². The summed E-state index contributed by atoms with van der Waals surface area (Å²) in [6, 6.07) is 11.7. The fourth-order valence-electron chi connectivity index (χ4n) is 1.98. The molecule has 0 fully saturated rings. The number of nitrogens with one attached hydrogen (secondary N) is 2. The highest BCUT2D eigenvalue weighted by atomic mass is 79.9. The zero-order valence-corrected chi connectivity index (χ0v) is 16.4. The molecule has 25 heavy (non-hydrogen) atoms. The lowest BCUT2D eigenvalue weighted by atomic mass is 10.2. The van der Waals surface area contributed by atoms with Crippen molar-refractivity contribution in [1.82, 2.24) is 4.72 Å². The largest absolute Gasteiger partial charge is 0.379 e. The number of nitro benzene ring substituents is 1. The summed E-state index contributed by atoms with van der Waals surface area (Å²) in [5, 5.41) is 14.2. The third-order valence-electron chi connectivity index (χ3n) is 3.24. The molecular formula is C15H16BrN3O4S2. The molecule has 134 valence electrons. The van der Waals surface area contributed by atoms with Gasteiger partial charge < -0.3 is 5.32 Å². The molecule has 2 aromatic carbocycles. The number of hydrogen-bond donors (Lipinski definition) is 2. The molecule has 0 saturated heterocycles. The van der Waals surface area contributed by atoms with E-state index in [9.17, 15) is 18.5 Å². The number of nitrogens with zero attached hydrogens (tertiary/aromatic N) is 1. The van der Waals surface area contributed by atoms with Crippen molar-refractivity contribution in [2.75, 3.05) is 24.7 Å². The van der Waals surface area contributed by atoms with Crippen LogP contribution in [-0.4, -0.2) is 32.7 Å². The molecule has 0 radical (unpaired) electrons. The second kappa shape index (κ2) is 8.65. The van der Waals surface area contributed by atoms with Crippen LogP contribution in [0.25, 0.3) is 0 Å². The maximum Gasteiger partial charge on any atom is 0.293 e. The fourth-order valence-corrected chi connectivity index (χ4v) is 3.76. The van der Waals surface area contributed by atoms with Gasteiger partial charge in [-0.05, 0) is 43.4 Å². The van der Waals surface area contributed by atoms with E-state index in [4.69, 9.17) is 0 Å². The van der Waals surface area contributed by atoms with Gasteiger partial charge in [0.2, 0.25) is 10.0 Å². The molecule has 2 aromatic rings. The summed E-state index contributed by atoms with van der Waals surface area (Å²) in [4.78, 5) is 11.6. The molecule has 2 N–H and O–H groups in total. The van der Waals surface area contributed by atoms with E-state index in [0.29, 0.717) is 12.3 Å². The molecule has 0 atom stereocenters. The summed E-state index contributed by atoms with van der Waals surface area (Å²) < 4.78 is 26.7. The fraction of sp³-hybridized carbons (Fsp3) is 0.200. The molecule has 0 spiro atoms. The Morgan fingerprint density at radius 3 is 2.48 bits per heavy atom. The van der Waals surface area contributed by atoms with E-state index in [0.717, 1.165) is 15.4 Å². The first-order valence-electron chi connectivity index (χ1n) is 7.18. The topological polar surface area (TPSA) is 101 Å². The number of benzene rings is 2. The number of rotatable bonds is 8. The first kappa shape index (κ1) is 19.7. The quantitative estimate of drug-likeness (QED) is 0.279. The van der Waals surface area contributed by atoms with Crippen LogP contribution in [0, 0.1) is 10.1 Å². The van der Waals surface area contributed by atoms with Crippen LogP contribution in [0.1, 0.15) is 0 Å². The van der Waals surface area contributed by atoms with Gasteiger partial charge in [0, 0.05) is 27.7 Å². The average Bonchev–Trinajstić information content (AvgIpc) is 2.60. The molecule has 0 heterocycles. The Bertz CT molecular complexity index is 858. The second-order valence-electron chi connectivity index (χ2n) is 4.87. The maximum absolute atomic E-state index is 11.8. The van der Waals surface area contributed by atoms with Crippen molar-refractivity contribution in [2.24, 2.45) is 0 Å². The first-order chi connectivity index (χ1) is 11.8. The van der Waals surface area contributed by atoms with E-state index >= 15 is 0 Å². The van der Waals surface area contributed by atoms with Crippen molar-refractivity contribution in [2.45, 2.75) is 9.79 Å². The van der Waals surface area contributed by atoms with Crippen LogP contribution in [0.3, 0.4) is 0 Å². The molecule has 2 rings (SSSR count). The SMILES string of the molecule is CNS(=O)(=O)c1ccc(NCCSc2ccc(Br)cc2)c([N+](=O)[O-])c1. The zero-order chi connectivity index (χ0) is 18.4. The third kappa shape index (κ3) is 5.43. The number of anilines is 1. The van der Waals surface area contributed by atoms with E-state index in [1.54, 1.807) is 11.8 Å². The first-order valence-corrected chi connectivity index (χ1v) is 10.4. The highest BCUT2D eigenvalue weighted by Gasteiger charge is 2.20. The molecule has 0 bridgehead atoms. The van der Waals surface area contributed by atoms with Gasteiger partial charge in [-0.25, -0.2) is 13.1 Å². The minimum Gasteiger partial charge on any atom is -0.379 e. The van der Waals surface area contributed by atoms with Gasteiger partial charge in [-0.15, -0.1) is 11.8 Å². The van der Waals surface area contributed by atoms with Crippen LogP contribution in [0.2, 0.25) is 0 Å². The van der Waals surface area contributed by atoms with Crippen LogP contribution in [0.15, 0.2) is 56.7 Å². The molecular weight excluding hydrogens is 430 g/mol. The second-order valence-corrected chi connectivity index (χ2v) is 8.84. The predicted molar refractivity (Wildman–Crippen MR) is 103 cm³/mol. The number of nitro groups is 1. The van der Waals surface area contributed by atoms with Crippen molar-refractivity contribution < 1.29 is 13.3 Å². The Morgan fingerprint density at radius 1 is 1.20 bits per heavy atom. The van der Waals surface area contributed by atoms with E-state index in [1.165, 1.54) is 19.2 Å². The van der Waals surface area contributed by atoms with Gasteiger partial charge in [0.15, 0.2) is 0 Å². The Balaban J connectivity index is 2.03. The van der Waals surface area contributed by atoms with Crippen LogP contribution < -0.4 is 10.0 Å². The highest BCUT2D eigenvalue weighted by molar-refractivity contribution is 9.10. The summed E-state index contributed by atoms with van der Waals surface area (Å²) >= 11 is 4.99. The summed E-state index contributed by atoms with van der Waals surface area (Å²) in [7, 11) is -2.47. The van der Waals surface area contributed by atoms with Crippen LogP contribution in [0.4, 0.5) is 11.4 Å². The van der Waals surface area contributed by atoms with Gasteiger partial charge >= 0.3 is 0 Å². The molecule has 0 unspecified atom stereocenters. The predicted octanol–water partition coefficient (Wildman–Crippen LogP) is 3.47. The molecule has 0 aliphatic carbocycles. The van der Waals surface area contributed by atoms with Gasteiger partial charge in [-0.2, -0.15) is 0 Å². The van der Waals surface area contributed by atoms with E-state index < -0.39 is 14.9 Å². The van der Waals surface area contributed by atoms with Crippen molar-refractivity contribution in [3.05, 3.63) is 57.1 Å². The van der Waals surface area contributed by atoms with Crippen molar-refractivity contribution >= 4 is 49.1 Å². The van der Waals surface area contributed by atoms with E-state index in [-0.39, 0.29) is 16.3 Å². The van der Waals surface area contributed by atoms with Crippen molar-refractivity contribution in [3.63, 3.8) is 0 Å². The van der Waals surface area contributed by atoms with Gasteiger partial charge in [0.1, 0.15) is 5.69 Å². The Hall–Kier alpha value is -1.62. The lowest BCUT2D eigenvalue weighted by Gasteiger charge is -2.09. The number of sulfonamides is 1. The van der Waals surface area contributed by atoms with Gasteiger partial charge in [0.25, 0.3) is 5.69 Å². The molecule has 0 aromatic heterocycles. The molecule has 0 aliphatic heterocycles. The lowest BCUT2D eigenvalue weighted by Crippen LogP contribution is -2.19. The zero-order valence-electron chi connectivity index (χ0n) is 13.2. The average molecular weight is 446 g/mol. The molecule has 10 heteroatoms. The van der Waals surface area contributed by atoms with Gasteiger partial charge in [-0.3, -0.25) is 10.1 Å². The van der Waals surface area contributed by atoms with Crippen LogP contribution in [-0.2, 0) is 10.0 Å². The smallest absolute Gasteiger partial charge is 0.293 e.